The topological polar surface area (TPSA) is 47.1 Å². The molecule has 4 heterocycles. The molecule has 10 aromatic carbocycles. The van der Waals surface area contributed by atoms with Crippen molar-refractivity contribution in [3.8, 4) is 61.8 Å². The average Bonchev–Trinajstić information content (AvgIpc) is 4.26. The van der Waals surface area contributed by atoms with Crippen LogP contribution in [0.25, 0.3) is 101 Å². The van der Waals surface area contributed by atoms with Crippen LogP contribution in [0.5, 0.6) is 0 Å². The minimum atomic E-state index is -0.662. The number of hydrogen-bond donors (Lipinski definition) is 0. The fraction of sp³-hybridized carbons (Fsp3) is 0.0423. The molecule has 1 atom stereocenters. The standard InChI is InChI=1S/C71H48N4O/c1-3-52-66(4-2)76-67-40-38-59-68(69(52)67)54-30-14-16-31-56(54)71(59)57-32-17-19-34-64(57)74(51-28-20-27-48(41-51)45-21-8-5-9-22-45)65-43-50(35-37-58(65)71)49-36-39-63-55(42-49)53-29-15-18-33-62(53)75(63)70-72-60(46-23-10-6-11-24-46)44-61(73-70)47-25-12-7-13-26-47/h3,5-44H,1,4H2,2H3. The van der Waals surface area contributed by atoms with Gasteiger partial charge in [-0.25, -0.2) is 9.97 Å². The second-order valence-electron chi connectivity index (χ2n) is 19.9. The van der Waals surface area contributed by atoms with Gasteiger partial charge in [-0.2, -0.15) is 0 Å². The summed E-state index contributed by atoms with van der Waals surface area (Å²) in [4.78, 5) is 13.1. The van der Waals surface area contributed by atoms with E-state index in [1.807, 2.05) is 18.2 Å². The summed E-state index contributed by atoms with van der Waals surface area (Å²) in [7, 11) is 0. The highest BCUT2D eigenvalue weighted by molar-refractivity contribution is 6.11. The number of anilines is 3. The second kappa shape index (κ2) is 17.1. The fourth-order valence-electron chi connectivity index (χ4n) is 12.7. The van der Waals surface area contributed by atoms with E-state index in [-0.39, 0.29) is 0 Å². The average molecular weight is 973 g/mol. The summed E-state index contributed by atoms with van der Waals surface area (Å²) in [6.45, 7) is 6.49. The lowest BCUT2D eigenvalue weighted by Gasteiger charge is -2.45. The summed E-state index contributed by atoms with van der Waals surface area (Å²) in [5, 5.41) is 3.39. The largest absolute Gasteiger partial charge is 0.460 e. The predicted molar refractivity (Wildman–Crippen MR) is 313 cm³/mol. The number of furan rings is 1. The number of benzene rings is 10. The molecule has 0 amide bonds. The van der Waals surface area contributed by atoms with E-state index in [1.165, 1.54) is 38.9 Å². The van der Waals surface area contributed by atoms with Crippen LogP contribution < -0.4 is 4.90 Å². The first-order valence-corrected chi connectivity index (χ1v) is 26.2. The summed E-state index contributed by atoms with van der Waals surface area (Å²) in [6, 6.07) is 87.9. The number of nitrogens with zero attached hydrogens (tertiary/aromatic N) is 4. The lowest BCUT2D eigenvalue weighted by Crippen LogP contribution is -2.36. The van der Waals surface area contributed by atoms with Gasteiger partial charge in [-0.15, -0.1) is 0 Å². The van der Waals surface area contributed by atoms with Crippen LogP contribution in [0.15, 0.2) is 254 Å². The van der Waals surface area contributed by atoms with Crippen LogP contribution in [0.1, 0.15) is 40.5 Å². The summed E-state index contributed by atoms with van der Waals surface area (Å²) in [5.74, 6) is 1.59. The molecule has 1 aliphatic carbocycles. The zero-order chi connectivity index (χ0) is 50.5. The molecule has 1 aliphatic heterocycles. The molecule has 5 heteroatoms. The molecule has 0 fully saturated rings. The Bertz CT molecular complexity index is 4420. The van der Waals surface area contributed by atoms with E-state index in [2.05, 4.69) is 253 Å². The molecule has 0 saturated carbocycles. The maximum atomic E-state index is 6.62. The molecule has 76 heavy (non-hydrogen) atoms. The summed E-state index contributed by atoms with van der Waals surface area (Å²) in [5.41, 5.74) is 22.5. The highest BCUT2D eigenvalue weighted by Crippen LogP contribution is 2.65. The smallest absolute Gasteiger partial charge is 0.235 e. The third-order valence-electron chi connectivity index (χ3n) is 16.0. The molecular weight excluding hydrogens is 925 g/mol. The number of fused-ring (bicyclic) bond motifs is 14. The van der Waals surface area contributed by atoms with E-state index in [0.29, 0.717) is 5.95 Å². The Morgan fingerprint density at radius 3 is 1.82 bits per heavy atom. The van der Waals surface area contributed by atoms with Crippen LogP contribution in [0.2, 0.25) is 0 Å². The third-order valence-corrected chi connectivity index (χ3v) is 16.0. The molecule has 3 aromatic heterocycles. The van der Waals surface area contributed by atoms with Crippen LogP contribution >= 0.6 is 0 Å². The Balaban J connectivity index is 0.975. The van der Waals surface area contributed by atoms with Gasteiger partial charge < -0.3 is 9.32 Å². The highest BCUT2D eigenvalue weighted by Gasteiger charge is 2.52. The Morgan fingerprint density at radius 2 is 1.07 bits per heavy atom. The van der Waals surface area contributed by atoms with Crippen LogP contribution in [0.3, 0.4) is 0 Å². The normalized spacial score (nSPS) is 14.2. The molecule has 15 rings (SSSR count). The van der Waals surface area contributed by atoms with Gasteiger partial charge in [0, 0.05) is 45.0 Å². The lowest BCUT2D eigenvalue weighted by atomic mass is 9.64. The summed E-state index contributed by atoms with van der Waals surface area (Å²) < 4.78 is 8.86. The minimum Gasteiger partial charge on any atom is -0.460 e. The van der Waals surface area contributed by atoms with Crippen molar-refractivity contribution in [1.82, 2.24) is 14.5 Å². The molecular formula is C71H48N4O. The molecule has 2 aliphatic rings. The Morgan fingerprint density at radius 1 is 0.474 bits per heavy atom. The van der Waals surface area contributed by atoms with Gasteiger partial charge in [-0.05, 0) is 110 Å². The molecule has 0 N–H and O–H groups in total. The van der Waals surface area contributed by atoms with E-state index in [4.69, 9.17) is 14.4 Å². The predicted octanol–water partition coefficient (Wildman–Crippen LogP) is 18.3. The number of rotatable bonds is 8. The van der Waals surface area contributed by atoms with Gasteiger partial charge in [0.1, 0.15) is 11.3 Å². The van der Waals surface area contributed by atoms with Crippen molar-refractivity contribution in [2.24, 2.45) is 0 Å². The molecule has 0 bridgehead atoms. The number of para-hydroxylation sites is 2. The van der Waals surface area contributed by atoms with E-state index >= 15 is 0 Å². The first-order valence-electron chi connectivity index (χ1n) is 26.2. The molecule has 13 aromatic rings. The minimum absolute atomic E-state index is 0.626. The Kier molecular flexibility index (Phi) is 9.85. The molecule has 5 nitrogen and oxygen atoms in total. The number of aryl methyl sites for hydroxylation is 1. The first-order chi connectivity index (χ1) is 37.6. The van der Waals surface area contributed by atoms with Crippen molar-refractivity contribution in [2.75, 3.05) is 4.90 Å². The van der Waals surface area contributed by atoms with E-state index in [9.17, 15) is 0 Å². The lowest BCUT2D eigenvalue weighted by molar-refractivity contribution is 0.556. The maximum Gasteiger partial charge on any atom is 0.235 e. The van der Waals surface area contributed by atoms with E-state index < -0.39 is 5.41 Å². The first kappa shape index (κ1) is 43.7. The van der Waals surface area contributed by atoms with Crippen molar-refractivity contribution in [3.05, 3.63) is 283 Å². The van der Waals surface area contributed by atoms with Crippen LogP contribution in [-0.2, 0) is 11.8 Å². The SMILES string of the molecule is C=Cc1c(CC)oc2ccc3c(c12)-c1ccccc1C31c2ccccc2N(c2cccc(-c3ccccc3)c2)c2cc(-c3ccc4c(c3)c3ccccc3n4-c3nc(-c4ccccc4)cc(-c4ccccc4)n3)ccc21. The van der Waals surface area contributed by atoms with Gasteiger partial charge >= 0.3 is 0 Å². The van der Waals surface area contributed by atoms with Gasteiger partial charge in [-0.3, -0.25) is 4.57 Å². The number of hydrogen-bond acceptors (Lipinski definition) is 4. The van der Waals surface area contributed by atoms with Crippen molar-refractivity contribution >= 4 is 55.9 Å². The zero-order valence-corrected chi connectivity index (χ0v) is 41.8. The number of aromatic nitrogens is 3. The maximum absolute atomic E-state index is 6.62. The van der Waals surface area contributed by atoms with Crippen molar-refractivity contribution in [1.29, 1.82) is 0 Å². The molecule has 358 valence electrons. The monoisotopic (exact) mass is 972 g/mol. The van der Waals surface area contributed by atoms with Crippen molar-refractivity contribution in [3.63, 3.8) is 0 Å². The molecule has 1 spiro atoms. The quantitative estimate of drug-likeness (QED) is 0.152. The van der Waals surface area contributed by atoms with E-state index in [0.717, 1.165) is 107 Å². The summed E-state index contributed by atoms with van der Waals surface area (Å²) in [6.07, 6.45) is 2.76. The van der Waals surface area contributed by atoms with Gasteiger partial charge in [0.2, 0.25) is 5.95 Å². The van der Waals surface area contributed by atoms with Crippen LogP contribution in [0, 0.1) is 0 Å². The van der Waals surface area contributed by atoms with E-state index in [1.54, 1.807) is 0 Å². The zero-order valence-electron chi connectivity index (χ0n) is 41.8. The second-order valence-corrected chi connectivity index (χ2v) is 19.9. The Hall–Kier alpha value is -9.84. The van der Waals surface area contributed by atoms with Crippen LogP contribution in [0.4, 0.5) is 17.1 Å². The van der Waals surface area contributed by atoms with Crippen molar-refractivity contribution < 1.29 is 4.42 Å². The molecule has 0 saturated heterocycles. The summed E-state index contributed by atoms with van der Waals surface area (Å²) >= 11 is 0. The fourth-order valence-corrected chi connectivity index (χ4v) is 12.7. The van der Waals surface area contributed by atoms with Gasteiger partial charge in [-0.1, -0.05) is 208 Å². The molecule has 0 radical (unpaired) electrons. The molecule has 1 unspecified atom stereocenters. The van der Waals surface area contributed by atoms with Gasteiger partial charge in [0.15, 0.2) is 0 Å². The van der Waals surface area contributed by atoms with Crippen LogP contribution in [-0.4, -0.2) is 14.5 Å². The third kappa shape index (κ3) is 6.39. The van der Waals surface area contributed by atoms with Gasteiger partial charge in [0.05, 0.1) is 39.2 Å². The highest BCUT2D eigenvalue weighted by atomic mass is 16.3. The van der Waals surface area contributed by atoms with Gasteiger partial charge in [0.25, 0.3) is 0 Å². The Labute approximate surface area is 441 Å². The van der Waals surface area contributed by atoms with Crippen molar-refractivity contribution in [2.45, 2.75) is 18.8 Å².